The first kappa shape index (κ1) is 50.4. The van der Waals surface area contributed by atoms with Crippen molar-refractivity contribution in [3.05, 3.63) is 81.7 Å². The fraction of sp³-hybridized carbons (Fsp3) is 0.447. The number of aromatic nitrogens is 4. The van der Waals surface area contributed by atoms with Crippen LogP contribution in [0.4, 0.5) is 0 Å². The summed E-state index contributed by atoms with van der Waals surface area (Å²) < 4.78 is 24.0. The van der Waals surface area contributed by atoms with Crippen molar-refractivity contribution >= 4 is 0 Å². The molecule has 2 aromatic carbocycles. The molecule has 3 heterocycles. The number of aromatic amines is 2. The molecule has 8 nitrogen and oxygen atoms in total. The van der Waals surface area contributed by atoms with Crippen LogP contribution in [0.5, 0.6) is 11.5 Å². The zero-order valence-corrected chi connectivity index (χ0v) is 35.9. The van der Waals surface area contributed by atoms with Crippen LogP contribution in [0, 0.1) is 27.2 Å². The number of ether oxygens (including phenoxy) is 4. The van der Waals surface area contributed by atoms with Crippen molar-refractivity contribution in [2.24, 2.45) is 5.92 Å². The molecule has 264 valence electrons. The second-order valence-electron chi connectivity index (χ2n) is 10.0. The number of hydrogen-bond acceptors (Lipinski definition) is 6. The number of nitrogens with one attached hydrogen (secondary N) is 2. The molecule has 0 radical (unpaired) electrons. The molecular weight excluding hydrogens is 849 g/mol. The second kappa shape index (κ2) is 26.9. The third-order valence-corrected chi connectivity index (χ3v) is 7.13. The van der Waals surface area contributed by atoms with E-state index in [-0.39, 0.29) is 76.1 Å². The van der Waals surface area contributed by atoms with Crippen molar-refractivity contribution in [2.75, 3.05) is 39.6 Å². The van der Waals surface area contributed by atoms with E-state index in [0.29, 0.717) is 63.0 Å². The summed E-state index contributed by atoms with van der Waals surface area (Å²) in [6.07, 6.45) is 5.66. The molecule has 0 saturated carbocycles. The van der Waals surface area contributed by atoms with E-state index in [9.17, 15) is 0 Å². The first-order valence-corrected chi connectivity index (χ1v) is 15.6. The van der Waals surface area contributed by atoms with Crippen molar-refractivity contribution in [3.8, 4) is 45.1 Å². The zero-order chi connectivity index (χ0) is 31.2. The molecule has 2 N–H and O–H groups in total. The van der Waals surface area contributed by atoms with Gasteiger partial charge in [-0.15, -0.1) is 0 Å². The van der Waals surface area contributed by atoms with E-state index in [1.165, 1.54) is 0 Å². The Balaban J connectivity index is -0.00000217. The predicted molar refractivity (Wildman–Crippen MR) is 194 cm³/mol. The Kier molecular flexibility index (Phi) is 28.2. The number of nitrogens with zero attached hydrogens (tertiary/aromatic N) is 2. The summed E-state index contributed by atoms with van der Waals surface area (Å²) in [6.45, 7) is 19.3. The van der Waals surface area contributed by atoms with Crippen molar-refractivity contribution in [2.45, 2.75) is 68.7 Å². The molecule has 4 aromatic rings. The minimum absolute atomic E-state index is 0. The van der Waals surface area contributed by atoms with Gasteiger partial charge in [0.2, 0.25) is 0 Å². The molecule has 0 spiro atoms. The van der Waals surface area contributed by atoms with Crippen LogP contribution in [0.25, 0.3) is 33.6 Å². The molecule has 5 rings (SSSR count). The van der Waals surface area contributed by atoms with Gasteiger partial charge in [0.15, 0.2) is 11.5 Å². The van der Waals surface area contributed by atoms with Crippen LogP contribution in [-0.2, 0) is 63.2 Å². The molecule has 48 heavy (non-hydrogen) atoms. The zero-order valence-electron chi connectivity index (χ0n) is 30.1. The number of rotatable bonds is 6. The Bertz CT molecular complexity index is 1380. The molecular formula is C38H59N4O4WY. The van der Waals surface area contributed by atoms with E-state index in [1.807, 2.05) is 53.4 Å². The molecule has 0 unspecified atom stereocenters. The third kappa shape index (κ3) is 13.4. The summed E-state index contributed by atoms with van der Waals surface area (Å²) in [5.74, 6) is 4.03. The van der Waals surface area contributed by atoms with Gasteiger partial charge in [-0.05, 0) is 35.0 Å². The van der Waals surface area contributed by atoms with E-state index < -0.39 is 0 Å². The maximum Gasteiger partial charge on any atom is 3.00 e. The Hall–Kier alpha value is -1.96. The summed E-state index contributed by atoms with van der Waals surface area (Å²) in [5, 5.41) is 0. The van der Waals surface area contributed by atoms with Crippen molar-refractivity contribution in [1.82, 2.24) is 19.9 Å². The van der Waals surface area contributed by atoms with E-state index in [0.717, 1.165) is 45.3 Å². The molecule has 0 amide bonds. The second-order valence-corrected chi connectivity index (χ2v) is 10.0. The number of imidazole rings is 2. The summed E-state index contributed by atoms with van der Waals surface area (Å²) in [7, 11) is 0. The molecule has 0 saturated heterocycles. The van der Waals surface area contributed by atoms with Crippen LogP contribution in [0.15, 0.2) is 48.8 Å². The molecule has 1 atom stereocenters. The Morgan fingerprint density at radius 2 is 1.15 bits per heavy atom. The van der Waals surface area contributed by atoms with Gasteiger partial charge in [0.25, 0.3) is 0 Å². The molecule has 0 aliphatic carbocycles. The fourth-order valence-corrected chi connectivity index (χ4v) is 4.50. The molecule has 10 heteroatoms. The van der Waals surface area contributed by atoms with E-state index in [4.69, 9.17) is 18.9 Å². The summed E-state index contributed by atoms with van der Waals surface area (Å²) >= 11 is 0. The SMILES string of the molecule is C.CC.CC.C[CH-]c1ncc(-c2ccc(-c3ccc(-c4cnc([C@H](C)C(C)C)[nH]4)cc3)c3c2OCCOCCOCCO3)[nH]1.[CH3-].[CH3-].[W].[Y+3]. The van der Waals surface area contributed by atoms with Crippen molar-refractivity contribution in [1.29, 1.82) is 0 Å². The van der Waals surface area contributed by atoms with Crippen molar-refractivity contribution < 1.29 is 72.7 Å². The van der Waals surface area contributed by atoms with Gasteiger partial charge in [-0.1, -0.05) is 80.2 Å². The van der Waals surface area contributed by atoms with Crippen LogP contribution in [0.1, 0.15) is 80.4 Å². The first-order valence-electron chi connectivity index (χ1n) is 15.6. The quantitative estimate of drug-likeness (QED) is 0.187. The smallest absolute Gasteiger partial charge is 0.487 e. The van der Waals surface area contributed by atoms with Gasteiger partial charge < -0.3 is 50.2 Å². The standard InChI is InChI=1S/C31H37N4O4.2C2H6.CH4.2CH3.W.Y/c1-5-28-32-19-27(34-28)25-11-10-24(29-30(25)39-17-15-37-13-12-36-14-16-38-29)22-6-8-23(9-7-22)26-18-33-31(35-26)21(4)20(2)3;2*1-2;;;;;/h5-11,18-21H,12-17H2,1-4H3,(H,32,34)(H,33,35);2*1-2H3;1H4;2*1H3;;/q-1;;;;2*-1;;+3/t21-;;;;;;;/m1......./s1. The van der Waals surface area contributed by atoms with E-state index in [2.05, 4.69) is 77.1 Å². The van der Waals surface area contributed by atoms with Gasteiger partial charge in [0.1, 0.15) is 19.0 Å². The number of benzene rings is 2. The summed E-state index contributed by atoms with van der Waals surface area (Å²) in [6, 6.07) is 12.6. The largest absolute Gasteiger partial charge is 3.00 e. The maximum atomic E-state index is 6.36. The van der Waals surface area contributed by atoms with E-state index in [1.54, 1.807) is 0 Å². The van der Waals surface area contributed by atoms with Crippen LogP contribution in [0.2, 0.25) is 0 Å². The Labute approximate surface area is 331 Å². The Morgan fingerprint density at radius 3 is 1.67 bits per heavy atom. The van der Waals surface area contributed by atoms with E-state index >= 15 is 0 Å². The number of fused-ring (bicyclic) bond motifs is 1. The normalized spacial score (nSPS) is 12.8. The molecule has 0 fully saturated rings. The minimum atomic E-state index is 0. The monoisotopic (exact) mass is 908 g/mol. The number of H-pyrrole nitrogens is 2. The number of hydrogen-bond donors (Lipinski definition) is 2. The van der Waals surface area contributed by atoms with Crippen LogP contribution in [0.3, 0.4) is 0 Å². The van der Waals surface area contributed by atoms with Gasteiger partial charge in [0, 0.05) is 44.3 Å². The van der Waals surface area contributed by atoms with Gasteiger partial charge >= 0.3 is 32.7 Å². The predicted octanol–water partition coefficient (Wildman–Crippen LogP) is 9.85. The third-order valence-electron chi connectivity index (χ3n) is 7.13. The molecule has 1 aliphatic rings. The average molecular weight is 909 g/mol. The van der Waals surface area contributed by atoms with Gasteiger partial charge in [0.05, 0.1) is 44.0 Å². The Morgan fingerprint density at radius 1 is 0.667 bits per heavy atom. The topological polar surface area (TPSA) is 94.3 Å². The van der Waals surface area contributed by atoms with Crippen LogP contribution >= 0.6 is 0 Å². The fourth-order valence-electron chi connectivity index (χ4n) is 4.50. The first-order chi connectivity index (χ1) is 21.0. The maximum absolute atomic E-state index is 6.36. The summed E-state index contributed by atoms with van der Waals surface area (Å²) in [4.78, 5) is 15.9. The average Bonchev–Trinajstić information content (AvgIpc) is 3.73. The van der Waals surface area contributed by atoms with Crippen molar-refractivity contribution in [3.63, 3.8) is 0 Å². The van der Waals surface area contributed by atoms with Gasteiger partial charge in [-0.3, -0.25) is 4.98 Å². The van der Waals surface area contributed by atoms with Crippen LogP contribution < -0.4 is 9.47 Å². The molecule has 0 bridgehead atoms. The summed E-state index contributed by atoms with van der Waals surface area (Å²) in [5.41, 5.74) is 5.80. The van der Waals surface area contributed by atoms with Crippen LogP contribution in [-0.4, -0.2) is 59.6 Å². The van der Waals surface area contributed by atoms with Gasteiger partial charge in [-0.25, -0.2) is 4.98 Å². The minimum Gasteiger partial charge on any atom is -0.487 e. The van der Waals surface area contributed by atoms with Gasteiger partial charge in [-0.2, -0.15) is 6.92 Å². The molecule has 2 aromatic heterocycles. The molecule has 1 aliphatic heterocycles.